The van der Waals surface area contributed by atoms with Gasteiger partial charge in [-0.05, 0) is 42.4 Å². The highest BCUT2D eigenvalue weighted by Gasteiger charge is 2.07. The van der Waals surface area contributed by atoms with Crippen molar-refractivity contribution >= 4 is 5.97 Å². The summed E-state index contributed by atoms with van der Waals surface area (Å²) in [6.45, 7) is 4.33. The minimum Gasteiger partial charge on any atom is -0.496 e. The molecule has 0 atom stereocenters. The van der Waals surface area contributed by atoms with E-state index in [1.807, 2.05) is 6.07 Å². The standard InChI is InChI=1S/C15H22O3/c1-11(2)12-8-9-14(18-3)13(10-12)6-4-5-7-15(16)17/h8-11H,4-7H2,1-3H3,(H,16,17). The number of carboxylic acids is 1. The third kappa shape index (κ3) is 4.40. The molecule has 0 unspecified atom stereocenters. The lowest BCUT2D eigenvalue weighted by molar-refractivity contribution is -0.137. The van der Waals surface area contributed by atoms with Crippen molar-refractivity contribution < 1.29 is 14.6 Å². The topological polar surface area (TPSA) is 46.5 Å². The molecular formula is C15H22O3. The minimum absolute atomic E-state index is 0.242. The second kappa shape index (κ2) is 7.04. The Kier molecular flexibility index (Phi) is 5.69. The fourth-order valence-electron chi connectivity index (χ4n) is 1.94. The van der Waals surface area contributed by atoms with Crippen LogP contribution < -0.4 is 4.74 Å². The van der Waals surface area contributed by atoms with Gasteiger partial charge in [0.15, 0.2) is 0 Å². The molecule has 0 saturated carbocycles. The Labute approximate surface area is 109 Å². The average molecular weight is 250 g/mol. The third-order valence-corrected chi connectivity index (χ3v) is 3.06. The molecule has 0 spiro atoms. The van der Waals surface area contributed by atoms with Crippen LogP contribution in [0.3, 0.4) is 0 Å². The van der Waals surface area contributed by atoms with Crippen LogP contribution in [-0.4, -0.2) is 18.2 Å². The van der Waals surface area contributed by atoms with E-state index in [2.05, 4.69) is 26.0 Å². The Morgan fingerprint density at radius 1 is 1.33 bits per heavy atom. The fourth-order valence-corrected chi connectivity index (χ4v) is 1.94. The number of ether oxygens (including phenoxy) is 1. The van der Waals surface area contributed by atoms with Crippen molar-refractivity contribution in [2.24, 2.45) is 0 Å². The Morgan fingerprint density at radius 3 is 2.61 bits per heavy atom. The Morgan fingerprint density at radius 2 is 2.06 bits per heavy atom. The summed E-state index contributed by atoms with van der Waals surface area (Å²) in [5.74, 6) is 0.668. The number of methoxy groups -OCH3 is 1. The number of unbranched alkanes of at least 4 members (excludes halogenated alkanes) is 1. The number of hydrogen-bond donors (Lipinski definition) is 1. The van der Waals surface area contributed by atoms with Gasteiger partial charge in [-0.3, -0.25) is 4.79 Å². The van der Waals surface area contributed by atoms with Crippen molar-refractivity contribution in [3.05, 3.63) is 29.3 Å². The summed E-state index contributed by atoms with van der Waals surface area (Å²) in [6, 6.07) is 6.26. The van der Waals surface area contributed by atoms with Crippen LogP contribution in [0.4, 0.5) is 0 Å². The number of carboxylic acid groups (broad SMARTS) is 1. The van der Waals surface area contributed by atoms with Crippen molar-refractivity contribution in [3.63, 3.8) is 0 Å². The summed E-state index contributed by atoms with van der Waals surface area (Å²) in [5.41, 5.74) is 2.47. The van der Waals surface area contributed by atoms with Gasteiger partial charge in [-0.25, -0.2) is 0 Å². The van der Waals surface area contributed by atoms with E-state index in [1.54, 1.807) is 7.11 Å². The van der Waals surface area contributed by atoms with Gasteiger partial charge in [0.25, 0.3) is 0 Å². The molecule has 0 heterocycles. The van der Waals surface area contributed by atoms with Crippen LogP contribution >= 0.6 is 0 Å². The van der Waals surface area contributed by atoms with Gasteiger partial charge in [-0.15, -0.1) is 0 Å². The zero-order chi connectivity index (χ0) is 13.5. The highest BCUT2D eigenvalue weighted by atomic mass is 16.5. The number of benzene rings is 1. The first-order valence-electron chi connectivity index (χ1n) is 6.43. The smallest absolute Gasteiger partial charge is 0.303 e. The maximum Gasteiger partial charge on any atom is 0.303 e. The van der Waals surface area contributed by atoms with Gasteiger partial charge < -0.3 is 9.84 Å². The summed E-state index contributed by atoms with van der Waals surface area (Å²) < 4.78 is 5.34. The Hall–Kier alpha value is -1.51. The summed E-state index contributed by atoms with van der Waals surface area (Å²) in [6.07, 6.45) is 2.71. The first kappa shape index (κ1) is 14.6. The molecule has 1 aromatic rings. The van der Waals surface area contributed by atoms with E-state index in [-0.39, 0.29) is 6.42 Å². The lowest BCUT2D eigenvalue weighted by atomic mass is 9.97. The summed E-state index contributed by atoms with van der Waals surface area (Å²) in [4.78, 5) is 10.5. The van der Waals surface area contributed by atoms with E-state index in [0.717, 1.165) is 18.6 Å². The third-order valence-electron chi connectivity index (χ3n) is 3.06. The van der Waals surface area contributed by atoms with E-state index >= 15 is 0 Å². The van der Waals surface area contributed by atoms with Crippen LogP contribution in [0.1, 0.15) is 50.2 Å². The van der Waals surface area contributed by atoms with Crippen LogP contribution in [0.25, 0.3) is 0 Å². The molecular weight excluding hydrogens is 228 g/mol. The second-order valence-electron chi connectivity index (χ2n) is 4.83. The zero-order valence-corrected chi connectivity index (χ0v) is 11.4. The molecule has 0 fully saturated rings. The van der Waals surface area contributed by atoms with Gasteiger partial charge in [-0.2, -0.15) is 0 Å². The maximum atomic E-state index is 10.5. The molecule has 0 radical (unpaired) electrons. The lowest BCUT2D eigenvalue weighted by Gasteiger charge is -2.12. The molecule has 1 N–H and O–H groups in total. The van der Waals surface area contributed by atoms with Gasteiger partial charge in [0.05, 0.1) is 7.11 Å². The van der Waals surface area contributed by atoms with Gasteiger partial charge >= 0.3 is 5.97 Å². The first-order valence-corrected chi connectivity index (χ1v) is 6.43. The maximum absolute atomic E-state index is 10.5. The molecule has 0 amide bonds. The Balaban J connectivity index is 2.66. The van der Waals surface area contributed by atoms with Gasteiger partial charge in [-0.1, -0.05) is 26.0 Å². The molecule has 0 saturated heterocycles. The molecule has 1 aromatic carbocycles. The summed E-state index contributed by atoms with van der Waals surface area (Å²) >= 11 is 0. The summed E-state index contributed by atoms with van der Waals surface area (Å²) in [5, 5.41) is 8.60. The predicted molar refractivity (Wildman–Crippen MR) is 72.3 cm³/mol. The highest BCUT2D eigenvalue weighted by molar-refractivity contribution is 5.66. The van der Waals surface area contributed by atoms with Gasteiger partial charge in [0.1, 0.15) is 5.75 Å². The van der Waals surface area contributed by atoms with E-state index in [9.17, 15) is 4.79 Å². The van der Waals surface area contributed by atoms with Crippen LogP contribution in [0.15, 0.2) is 18.2 Å². The largest absolute Gasteiger partial charge is 0.496 e. The van der Waals surface area contributed by atoms with Gasteiger partial charge in [0.2, 0.25) is 0 Å². The number of aliphatic carboxylic acids is 1. The van der Waals surface area contributed by atoms with E-state index in [1.165, 1.54) is 11.1 Å². The first-order chi connectivity index (χ1) is 8.54. The van der Waals surface area contributed by atoms with E-state index in [4.69, 9.17) is 9.84 Å². The van der Waals surface area contributed by atoms with Crippen molar-refractivity contribution in [2.45, 2.75) is 45.4 Å². The van der Waals surface area contributed by atoms with Crippen molar-refractivity contribution in [1.82, 2.24) is 0 Å². The molecule has 0 bridgehead atoms. The second-order valence-corrected chi connectivity index (χ2v) is 4.83. The summed E-state index contributed by atoms with van der Waals surface area (Å²) in [7, 11) is 1.67. The lowest BCUT2D eigenvalue weighted by Crippen LogP contribution is -1.98. The normalized spacial score (nSPS) is 10.7. The SMILES string of the molecule is COc1ccc(C(C)C)cc1CCCCC(=O)O. The minimum atomic E-state index is -0.724. The quantitative estimate of drug-likeness (QED) is 0.752. The van der Waals surface area contributed by atoms with Crippen molar-refractivity contribution in [1.29, 1.82) is 0 Å². The van der Waals surface area contributed by atoms with Gasteiger partial charge in [0, 0.05) is 6.42 Å². The molecule has 18 heavy (non-hydrogen) atoms. The molecule has 1 rings (SSSR count). The van der Waals surface area contributed by atoms with Crippen molar-refractivity contribution in [2.75, 3.05) is 7.11 Å². The number of aryl methyl sites for hydroxylation is 1. The Bertz CT molecular complexity index is 397. The van der Waals surface area contributed by atoms with Crippen molar-refractivity contribution in [3.8, 4) is 5.75 Å². The van der Waals surface area contributed by atoms with Crippen LogP contribution in [0.5, 0.6) is 5.75 Å². The zero-order valence-electron chi connectivity index (χ0n) is 11.4. The molecule has 3 heteroatoms. The number of carbonyl (C=O) groups is 1. The molecule has 0 aliphatic heterocycles. The number of hydrogen-bond acceptors (Lipinski definition) is 2. The van der Waals surface area contributed by atoms with Crippen LogP contribution in [0.2, 0.25) is 0 Å². The average Bonchev–Trinajstić information content (AvgIpc) is 2.34. The molecule has 0 aromatic heterocycles. The molecule has 100 valence electrons. The number of rotatable bonds is 7. The molecule has 0 aliphatic rings. The predicted octanol–water partition coefficient (Wildman–Crippen LogP) is 3.62. The molecule has 0 aliphatic carbocycles. The molecule has 3 nitrogen and oxygen atoms in total. The van der Waals surface area contributed by atoms with Crippen LogP contribution in [0, 0.1) is 0 Å². The van der Waals surface area contributed by atoms with Crippen LogP contribution in [-0.2, 0) is 11.2 Å². The highest BCUT2D eigenvalue weighted by Crippen LogP contribution is 2.25. The fraction of sp³-hybridized carbons (Fsp3) is 0.533. The van der Waals surface area contributed by atoms with E-state index < -0.39 is 5.97 Å². The monoisotopic (exact) mass is 250 g/mol. The van der Waals surface area contributed by atoms with E-state index in [0.29, 0.717) is 12.3 Å².